The zero-order valence-electron chi connectivity index (χ0n) is 13.6. The van der Waals surface area contributed by atoms with Crippen LogP contribution in [-0.4, -0.2) is 31.4 Å². The smallest absolute Gasteiger partial charge is 0.319 e. The molecule has 25 heavy (non-hydrogen) atoms. The maximum Gasteiger partial charge on any atom is 0.319 e. The fourth-order valence-corrected chi connectivity index (χ4v) is 1.93. The number of nitrogens with one attached hydrogen (secondary N) is 4. The highest BCUT2D eigenvalue weighted by Gasteiger charge is 2.14. The lowest BCUT2D eigenvalue weighted by Crippen LogP contribution is -2.37. The van der Waals surface area contributed by atoms with Crippen molar-refractivity contribution in [1.29, 1.82) is 0 Å². The standard InChI is InChI=1S/C16H17FN4O4/c1-9-11(5-6-25-9)15(23)21-13-7-10(3-4-12(13)17)20-16(24)19-8-14(22)18-2/h3-7H,8H2,1-2H3,(H,18,22)(H,21,23)(H2,19,20,24). The van der Waals surface area contributed by atoms with Crippen LogP contribution < -0.4 is 21.3 Å². The second-order valence-electron chi connectivity index (χ2n) is 5.02. The SMILES string of the molecule is CNC(=O)CNC(=O)Nc1ccc(F)c(NC(=O)c2ccoc2C)c1. The van der Waals surface area contributed by atoms with Crippen LogP contribution in [0.3, 0.4) is 0 Å². The molecule has 2 aromatic rings. The van der Waals surface area contributed by atoms with Gasteiger partial charge in [-0.05, 0) is 31.2 Å². The van der Waals surface area contributed by atoms with Crippen molar-refractivity contribution >= 4 is 29.2 Å². The maximum absolute atomic E-state index is 13.9. The van der Waals surface area contributed by atoms with Gasteiger partial charge in [0.25, 0.3) is 5.91 Å². The monoisotopic (exact) mass is 348 g/mol. The van der Waals surface area contributed by atoms with E-state index in [1.807, 2.05) is 0 Å². The third-order valence-corrected chi connectivity index (χ3v) is 3.26. The minimum absolute atomic E-state index is 0.102. The largest absolute Gasteiger partial charge is 0.469 e. The van der Waals surface area contributed by atoms with Crippen LogP contribution in [0.4, 0.5) is 20.6 Å². The molecule has 1 aromatic carbocycles. The normalized spacial score (nSPS) is 10.0. The Bertz CT molecular complexity index is 803. The highest BCUT2D eigenvalue weighted by Crippen LogP contribution is 2.21. The summed E-state index contributed by atoms with van der Waals surface area (Å²) in [6, 6.07) is 4.52. The first-order valence-electron chi connectivity index (χ1n) is 7.31. The van der Waals surface area contributed by atoms with Gasteiger partial charge in [-0.2, -0.15) is 0 Å². The van der Waals surface area contributed by atoms with E-state index in [4.69, 9.17) is 4.42 Å². The summed E-state index contributed by atoms with van der Waals surface area (Å²) in [6.45, 7) is 1.41. The number of rotatable bonds is 5. The lowest BCUT2D eigenvalue weighted by atomic mass is 10.2. The third kappa shape index (κ3) is 4.80. The molecular weight excluding hydrogens is 331 g/mol. The van der Waals surface area contributed by atoms with Crippen LogP contribution in [-0.2, 0) is 4.79 Å². The summed E-state index contributed by atoms with van der Waals surface area (Å²) in [5.74, 6) is -1.16. The predicted molar refractivity (Wildman–Crippen MR) is 88.9 cm³/mol. The number of aryl methyl sites for hydroxylation is 1. The molecular formula is C16H17FN4O4. The van der Waals surface area contributed by atoms with Gasteiger partial charge in [-0.3, -0.25) is 9.59 Å². The molecule has 0 aliphatic carbocycles. The van der Waals surface area contributed by atoms with Gasteiger partial charge in [0.2, 0.25) is 5.91 Å². The van der Waals surface area contributed by atoms with Crippen LogP contribution >= 0.6 is 0 Å². The minimum Gasteiger partial charge on any atom is -0.469 e. The number of likely N-dealkylation sites (N-methyl/N-ethyl adjacent to an activating group) is 1. The second-order valence-corrected chi connectivity index (χ2v) is 5.02. The molecule has 0 unspecified atom stereocenters. The molecule has 8 nitrogen and oxygen atoms in total. The average molecular weight is 348 g/mol. The Hall–Kier alpha value is -3.36. The third-order valence-electron chi connectivity index (χ3n) is 3.26. The summed E-state index contributed by atoms with van der Waals surface area (Å²) in [6.07, 6.45) is 1.36. The summed E-state index contributed by atoms with van der Waals surface area (Å²) in [5.41, 5.74) is 0.422. The van der Waals surface area contributed by atoms with Gasteiger partial charge in [0.15, 0.2) is 0 Å². The molecule has 0 bridgehead atoms. The van der Waals surface area contributed by atoms with E-state index in [1.165, 1.54) is 31.5 Å². The average Bonchev–Trinajstić information content (AvgIpc) is 3.01. The lowest BCUT2D eigenvalue weighted by Gasteiger charge is -2.10. The van der Waals surface area contributed by atoms with E-state index in [0.29, 0.717) is 5.76 Å². The number of carbonyl (C=O) groups is 3. The molecule has 0 atom stereocenters. The maximum atomic E-state index is 13.9. The summed E-state index contributed by atoms with van der Waals surface area (Å²) in [4.78, 5) is 34.9. The van der Waals surface area contributed by atoms with Gasteiger partial charge < -0.3 is 25.7 Å². The van der Waals surface area contributed by atoms with E-state index in [0.717, 1.165) is 6.07 Å². The Morgan fingerprint density at radius 1 is 1.16 bits per heavy atom. The zero-order chi connectivity index (χ0) is 18.4. The lowest BCUT2D eigenvalue weighted by molar-refractivity contribution is -0.119. The number of urea groups is 1. The van der Waals surface area contributed by atoms with E-state index in [1.54, 1.807) is 6.92 Å². The highest BCUT2D eigenvalue weighted by atomic mass is 19.1. The molecule has 0 spiro atoms. The fraction of sp³-hybridized carbons (Fsp3) is 0.188. The molecule has 2 rings (SSSR count). The topological polar surface area (TPSA) is 112 Å². The number of halogens is 1. The number of amides is 4. The van der Waals surface area contributed by atoms with Gasteiger partial charge in [-0.15, -0.1) is 0 Å². The van der Waals surface area contributed by atoms with Gasteiger partial charge in [-0.25, -0.2) is 9.18 Å². The van der Waals surface area contributed by atoms with Crippen molar-refractivity contribution in [2.45, 2.75) is 6.92 Å². The number of carbonyl (C=O) groups excluding carboxylic acids is 3. The van der Waals surface area contributed by atoms with E-state index >= 15 is 0 Å². The zero-order valence-corrected chi connectivity index (χ0v) is 13.6. The van der Waals surface area contributed by atoms with E-state index in [9.17, 15) is 18.8 Å². The Morgan fingerprint density at radius 2 is 1.92 bits per heavy atom. The summed E-state index contributed by atoms with van der Waals surface area (Å²) < 4.78 is 18.9. The van der Waals surface area contributed by atoms with E-state index in [-0.39, 0.29) is 29.4 Å². The van der Waals surface area contributed by atoms with Crippen molar-refractivity contribution in [3.8, 4) is 0 Å². The first-order valence-corrected chi connectivity index (χ1v) is 7.31. The summed E-state index contributed by atoms with van der Waals surface area (Å²) in [5, 5.41) is 9.54. The molecule has 4 amide bonds. The van der Waals surface area contributed by atoms with Gasteiger partial charge >= 0.3 is 6.03 Å². The van der Waals surface area contributed by atoms with Gasteiger partial charge in [0.05, 0.1) is 24.1 Å². The predicted octanol–water partition coefficient (Wildman–Crippen LogP) is 1.85. The minimum atomic E-state index is -0.661. The van der Waals surface area contributed by atoms with Crippen LogP contribution in [0.25, 0.3) is 0 Å². The summed E-state index contributed by atoms with van der Waals surface area (Å²) in [7, 11) is 1.44. The highest BCUT2D eigenvalue weighted by molar-refractivity contribution is 6.05. The van der Waals surface area contributed by atoms with E-state index < -0.39 is 17.8 Å². The second kappa shape index (κ2) is 7.95. The first-order chi connectivity index (χ1) is 11.9. The van der Waals surface area contributed by atoms with Crippen LogP contribution in [0.2, 0.25) is 0 Å². The fourth-order valence-electron chi connectivity index (χ4n) is 1.93. The Balaban J connectivity index is 2.04. The number of hydrogen-bond acceptors (Lipinski definition) is 4. The molecule has 0 saturated carbocycles. The first kappa shape index (κ1) is 18.0. The quantitative estimate of drug-likeness (QED) is 0.660. The molecule has 0 aliphatic rings. The molecule has 1 aromatic heterocycles. The van der Waals surface area contributed by atoms with Crippen molar-refractivity contribution in [1.82, 2.24) is 10.6 Å². The van der Waals surface area contributed by atoms with E-state index in [2.05, 4.69) is 21.3 Å². The molecule has 0 saturated heterocycles. The Labute approximate surface area is 142 Å². The van der Waals surface area contributed by atoms with Crippen LogP contribution in [0.15, 0.2) is 34.9 Å². The van der Waals surface area contributed by atoms with Crippen molar-refractivity contribution in [2.24, 2.45) is 0 Å². The molecule has 1 heterocycles. The van der Waals surface area contributed by atoms with Crippen LogP contribution in [0, 0.1) is 12.7 Å². The Kier molecular flexibility index (Phi) is 5.72. The molecule has 0 radical (unpaired) electrons. The van der Waals surface area contributed by atoms with Gasteiger partial charge in [0.1, 0.15) is 11.6 Å². The number of furan rings is 1. The number of anilines is 2. The van der Waals surface area contributed by atoms with Crippen LogP contribution in [0.5, 0.6) is 0 Å². The van der Waals surface area contributed by atoms with Crippen molar-refractivity contribution in [3.63, 3.8) is 0 Å². The number of hydrogen-bond donors (Lipinski definition) is 4. The van der Waals surface area contributed by atoms with Gasteiger partial charge in [-0.1, -0.05) is 0 Å². The molecule has 4 N–H and O–H groups in total. The van der Waals surface area contributed by atoms with Gasteiger partial charge in [0, 0.05) is 12.7 Å². The molecule has 0 fully saturated rings. The number of benzene rings is 1. The van der Waals surface area contributed by atoms with Crippen LogP contribution in [0.1, 0.15) is 16.1 Å². The Morgan fingerprint density at radius 3 is 2.56 bits per heavy atom. The molecule has 0 aliphatic heterocycles. The van der Waals surface area contributed by atoms with Crippen molar-refractivity contribution < 1.29 is 23.2 Å². The molecule has 9 heteroatoms. The van der Waals surface area contributed by atoms with Crippen molar-refractivity contribution in [3.05, 3.63) is 47.7 Å². The van der Waals surface area contributed by atoms with Crippen molar-refractivity contribution in [2.75, 3.05) is 24.2 Å². The molecule has 132 valence electrons. The summed E-state index contributed by atoms with van der Waals surface area (Å²) >= 11 is 0.